The summed E-state index contributed by atoms with van der Waals surface area (Å²) >= 11 is 5.79. The first-order chi connectivity index (χ1) is 8.97. The molecule has 2 N–H and O–H groups in total. The van der Waals surface area contributed by atoms with Gasteiger partial charge in [-0.2, -0.15) is 0 Å². The van der Waals surface area contributed by atoms with E-state index in [4.69, 9.17) is 11.6 Å². The van der Waals surface area contributed by atoms with Gasteiger partial charge in [0.1, 0.15) is 0 Å². The molecule has 0 saturated carbocycles. The third-order valence-corrected chi connectivity index (χ3v) is 3.08. The summed E-state index contributed by atoms with van der Waals surface area (Å²) in [6, 6.07) is 7.48. The number of aryl methyl sites for hydroxylation is 1. The highest BCUT2D eigenvalue weighted by Gasteiger charge is 2.09. The van der Waals surface area contributed by atoms with Crippen LogP contribution in [0.4, 0.5) is 0 Å². The van der Waals surface area contributed by atoms with Crippen LogP contribution in [0.5, 0.6) is 0 Å². The molecule has 1 aromatic rings. The number of rotatable bonds is 7. The third-order valence-electron chi connectivity index (χ3n) is 2.83. The lowest BCUT2D eigenvalue weighted by molar-refractivity contribution is -0.121. The molecular formula is C15H22ClNO2. The van der Waals surface area contributed by atoms with Crippen LogP contribution in [0.2, 0.25) is 5.02 Å². The van der Waals surface area contributed by atoms with Gasteiger partial charge in [-0.05, 0) is 36.5 Å². The van der Waals surface area contributed by atoms with Gasteiger partial charge in [0, 0.05) is 18.0 Å². The maximum absolute atomic E-state index is 11.6. The standard InChI is InChI=1S/C15H22ClNO2/c1-11(2)9-14(18)10-17-15(19)8-5-12-3-6-13(16)7-4-12/h3-4,6-7,11,14,18H,5,8-10H2,1-2H3,(H,17,19). The summed E-state index contributed by atoms with van der Waals surface area (Å²) in [5.41, 5.74) is 1.09. The van der Waals surface area contributed by atoms with Gasteiger partial charge in [-0.15, -0.1) is 0 Å². The van der Waals surface area contributed by atoms with Crippen LogP contribution in [0.15, 0.2) is 24.3 Å². The Hall–Kier alpha value is -1.06. The van der Waals surface area contributed by atoms with Gasteiger partial charge < -0.3 is 10.4 Å². The van der Waals surface area contributed by atoms with Crippen molar-refractivity contribution >= 4 is 17.5 Å². The van der Waals surface area contributed by atoms with Crippen LogP contribution in [0, 0.1) is 5.92 Å². The Morgan fingerprint density at radius 1 is 1.32 bits per heavy atom. The number of halogens is 1. The van der Waals surface area contributed by atoms with Crippen LogP contribution in [0.25, 0.3) is 0 Å². The van der Waals surface area contributed by atoms with Crippen LogP contribution < -0.4 is 5.32 Å². The third kappa shape index (κ3) is 7.19. The van der Waals surface area contributed by atoms with Crippen LogP contribution >= 0.6 is 11.6 Å². The van der Waals surface area contributed by atoms with E-state index in [0.717, 1.165) is 5.56 Å². The van der Waals surface area contributed by atoms with Gasteiger partial charge in [-0.3, -0.25) is 4.79 Å². The second-order valence-corrected chi connectivity index (χ2v) is 5.65. The average Bonchev–Trinajstić information content (AvgIpc) is 2.35. The molecule has 3 nitrogen and oxygen atoms in total. The highest BCUT2D eigenvalue weighted by atomic mass is 35.5. The first-order valence-electron chi connectivity index (χ1n) is 6.66. The molecule has 19 heavy (non-hydrogen) atoms. The van der Waals surface area contributed by atoms with Crippen molar-refractivity contribution in [2.75, 3.05) is 6.54 Å². The topological polar surface area (TPSA) is 49.3 Å². The normalized spacial score (nSPS) is 12.5. The summed E-state index contributed by atoms with van der Waals surface area (Å²) in [7, 11) is 0. The van der Waals surface area contributed by atoms with Crippen LogP contribution in [0.1, 0.15) is 32.3 Å². The molecule has 106 valence electrons. The molecule has 0 spiro atoms. The van der Waals surface area contributed by atoms with Crippen molar-refractivity contribution in [3.05, 3.63) is 34.9 Å². The molecule has 0 aliphatic heterocycles. The lowest BCUT2D eigenvalue weighted by Gasteiger charge is -2.13. The number of benzene rings is 1. The van der Waals surface area contributed by atoms with E-state index in [2.05, 4.69) is 5.32 Å². The van der Waals surface area contributed by atoms with Crippen molar-refractivity contribution < 1.29 is 9.90 Å². The molecule has 0 aliphatic rings. The van der Waals surface area contributed by atoms with E-state index in [1.807, 2.05) is 38.1 Å². The van der Waals surface area contributed by atoms with Crippen molar-refractivity contribution in [1.82, 2.24) is 5.32 Å². The number of hydrogen-bond acceptors (Lipinski definition) is 2. The quantitative estimate of drug-likeness (QED) is 0.808. The van der Waals surface area contributed by atoms with E-state index < -0.39 is 6.10 Å². The Bertz CT molecular complexity index is 390. The number of carbonyl (C=O) groups excluding carboxylic acids is 1. The molecule has 1 rings (SSSR count). The van der Waals surface area contributed by atoms with E-state index in [-0.39, 0.29) is 5.91 Å². The van der Waals surface area contributed by atoms with Gasteiger partial charge in [0.15, 0.2) is 0 Å². The molecular weight excluding hydrogens is 262 g/mol. The number of nitrogens with one attached hydrogen (secondary N) is 1. The van der Waals surface area contributed by atoms with E-state index >= 15 is 0 Å². The maximum atomic E-state index is 11.6. The first-order valence-corrected chi connectivity index (χ1v) is 7.04. The number of aliphatic hydroxyl groups is 1. The highest BCUT2D eigenvalue weighted by molar-refractivity contribution is 6.30. The summed E-state index contributed by atoms with van der Waals surface area (Å²) in [5.74, 6) is 0.402. The second kappa shape index (κ2) is 8.18. The molecule has 1 aromatic carbocycles. The molecule has 1 unspecified atom stereocenters. The lowest BCUT2D eigenvalue weighted by Crippen LogP contribution is -2.32. The van der Waals surface area contributed by atoms with Crippen molar-refractivity contribution in [1.29, 1.82) is 0 Å². The minimum Gasteiger partial charge on any atom is -0.391 e. The molecule has 1 amide bonds. The van der Waals surface area contributed by atoms with Gasteiger partial charge in [-0.1, -0.05) is 37.6 Å². The molecule has 1 atom stereocenters. The van der Waals surface area contributed by atoms with Gasteiger partial charge in [0.2, 0.25) is 5.91 Å². The number of aliphatic hydroxyl groups excluding tert-OH is 1. The highest BCUT2D eigenvalue weighted by Crippen LogP contribution is 2.11. The molecule has 4 heteroatoms. The zero-order chi connectivity index (χ0) is 14.3. The van der Waals surface area contributed by atoms with E-state index in [9.17, 15) is 9.90 Å². The SMILES string of the molecule is CC(C)CC(O)CNC(=O)CCc1ccc(Cl)cc1. The zero-order valence-corrected chi connectivity index (χ0v) is 12.3. The summed E-state index contributed by atoms with van der Waals surface area (Å²) in [6.45, 7) is 4.43. The summed E-state index contributed by atoms with van der Waals surface area (Å²) in [4.78, 5) is 11.6. The summed E-state index contributed by atoms with van der Waals surface area (Å²) < 4.78 is 0. The number of amides is 1. The lowest BCUT2D eigenvalue weighted by atomic mass is 10.1. The predicted molar refractivity (Wildman–Crippen MR) is 78.2 cm³/mol. The van der Waals surface area contributed by atoms with Crippen molar-refractivity contribution in [3.63, 3.8) is 0 Å². The molecule has 0 aliphatic carbocycles. The summed E-state index contributed by atoms with van der Waals surface area (Å²) in [5, 5.41) is 13.1. The van der Waals surface area contributed by atoms with Gasteiger partial charge >= 0.3 is 0 Å². The van der Waals surface area contributed by atoms with E-state index in [1.54, 1.807) is 0 Å². The average molecular weight is 284 g/mol. The van der Waals surface area contributed by atoms with Crippen LogP contribution in [0.3, 0.4) is 0 Å². The van der Waals surface area contributed by atoms with Crippen molar-refractivity contribution in [2.45, 2.75) is 39.2 Å². The zero-order valence-electron chi connectivity index (χ0n) is 11.5. The number of hydrogen-bond donors (Lipinski definition) is 2. The fraction of sp³-hybridized carbons (Fsp3) is 0.533. The van der Waals surface area contributed by atoms with E-state index in [1.165, 1.54) is 0 Å². The first kappa shape index (κ1) is 16.0. The van der Waals surface area contributed by atoms with Crippen LogP contribution in [-0.2, 0) is 11.2 Å². The number of carbonyl (C=O) groups is 1. The molecule has 0 saturated heterocycles. The molecule has 0 bridgehead atoms. The van der Waals surface area contributed by atoms with Gasteiger partial charge in [0.25, 0.3) is 0 Å². The fourth-order valence-electron chi connectivity index (χ4n) is 1.86. The smallest absolute Gasteiger partial charge is 0.220 e. The molecule has 0 fully saturated rings. The minimum absolute atomic E-state index is 0.0299. The molecule has 0 heterocycles. The van der Waals surface area contributed by atoms with E-state index in [0.29, 0.717) is 36.7 Å². The van der Waals surface area contributed by atoms with Gasteiger partial charge in [0.05, 0.1) is 6.10 Å². The predicted octanol–water partition coefficient (Wildman–Crippen LogP) is 2.80. The van der Waals surface area contributed by atoms with Gasteiger partial charge in [-0.25, -0.2) is 0 Å². The van der Waals surface area contributed by atoms with Crippen molar-refractivity contribution in [3.8, 4) is 0 Å². The minimum atomic E-state index is -0.459. The Morgan fingerprint density at radius 2 is 1.95 bits per heavy atom. The maximum Gasteiger partial charge on any atom is 0.220 e. The Labute approximate surface area is 120 Å². The fourth-order valence-corrected chi connectivity index (χ4v) is 1.98. The Morgan fingerprint density at radius 3 is 2.53 bits per heavy atom. The summed E-state index contributed by atoms with van der Waals surface area (Å²) in [6.07, 6.45) is 1.36. The Balaban J connectivity index is 2.22. The largest absolute Gasteiger partial charge is 0.391 e. The monoisotopic (exact) mass is 283 g/mol. The van der Waals surface area contributed by atoms with Crippen molar-refractivity contribution in [2.24, 2.45) is 5.92 Å². The molecule has 0 radical (unpaired) electrons. The second-order valence-electron chi connectivity index (χ2n) is 5.21. The van der Waals surface area contributed by atoms with Crippen LogP contribution in [-0.4, -0.2) is 23.7 Å². The Kier molecular flexibility index (Phi) is 6.89. The molecule has 0 aromatic heterocycles.